The van der Waals surface area contributed by atoms with E-state index in [0.29, 0.717) is 29.2 Å². The van der Waals surface area contributed by atoms with Crippen LogP contribution in [0.3, 0.4) is 0 Å². The van der Waals surface area contributed by atoms with Crippen LogP contribution >= 0.6 is 15.9 Å². The molecule has 2 aliphatic rings. The number of esters is 1. The highest BCUT2D eigenvalue weighted by Crippen LogP contribution is 2.42. The standard InChI is InChI=1S/C19H18BrN3O4/c1-9(2)7-23-16-15(17(24)22-19(23)26)13(10-3-5-11(20)6-4-10)14-12(21-16)8-27-18(14)25/h3-6,9,13,21H,7-8H2,1-2H3,(H,22,24,26). The Kier molecular flexibility index (Phi) is 4.30. The molecule has 1 unspecified atom stereocenters. The number of aromatic amines is 1. The third-order valence-corrected chi connectivity index (χ3v) is 5.25. The van der Waals surface area contributed by atoms with Crippen LogP contribution in [-0.2, 0) is 16.1 Å². The summed E-state index contributed by atoms with van der Waals surface area (Å²) in [5.74, 6) is -0.413. The second kappa shape index (κ2) is 6.53. The molecular weight excluding hydrogens is 414 g/mol. The Bertz CT molecular complexity index is 1080. The molecule has 7 nitrogen and oxygen atoms in total. The van der Waals surface area contributed by atoms with Gasteiger partial charge in [0.15, 0.2) is 0 Å². The fourth-order valence-electron chi connectivity index (χ4n) is 3.62. The third-order valence-electron chi connectivity index (χ3n) is 4.73. The minimum absolute atomic E-state index is 0.100. The van der Waals surface area contributed by atoms with Crippen molar-refractivity contribution in [2.75, 3.05) is 11.9 Å². The van der Waals surface area contributed by atoms with E-state index < -0.39 is 23.1 Å². The first-order valence-electron chi connectivity index (χ1n) is 8.66. The summed E-state index contributed by atoms with van der Waals surface area (Å²) >= 11 is 3.40. The number of hydrogen-bond acceptors (Lipinski definition) is 5. The van der Waals surface area contributed by atoms with Gasteiger partial charge >= 0.3 is 11.7 Å². The predicted octanol–water partition coefficient (Wildman–Crippen LogP) is 2.32. The summed E-state index contributed by atoms with van der Waals surface area (Å²) in [4.78, 5) is 40.0. The summed E-state index contributed by atoms with van der Waals surface area (Å²) in [5.41, 5.74) is 1.20. The highest BCUT2D eigenvalue weighted by molar-refractivity contribution is 9.10. The van der Waals surface area contributed by atoms with E-state index in [1.807, 2.05) is 38.1 Å². The quantitative estimate of drug-likeness (QED) is 0.727. The molecule has 2 aliphatic heterocycles. The van der Waals surface area contributed by atoms with Crippen molar-refractivity contribution in [1.29, 1.82) is 0 Å². The van der Waals surface area contributed by atoms with Crippen molar-refractivity contribution in [3.8, 4) is 0 Å². The smallest absolute Gasteiger partial charge is 0.337 e. The van der Waals surface area contributed by atoms with Crippen molar-refractivity contribution < 1.29 is 9.53 Å². The summed E-state index contributed by atoms with van der Waals surface area (Å²) in [5, 5.41) is 3.12. The third kappa shape index (κ3) is 2.93. The molecule has 0 aliphatic carbocycles. The Balaban J connectivity index is 2.01. The zero-order valence-electron chi connectivity index (χ0n) is 14.8. The molecule has 0 spiro atoms. The molecule has 2 N–H and O–H groups in total. The van der Waals surface area contributed by atoms with Gasteiger partial charge < -0.3 is 10.1 Å². The molecular formula is C19H18BrN3O4. The van der Waals surface area contributed by atoms with E-state index in [-0.39, 0.29) is 12.5 Å². The molecule has 3 heterocycles. The number of fused-ring (bicyclic) bond motifs is 1. The number of ether oxygens (including phenoxy) is 1. The van der Waals surface area contributed by atoms with Crippen LogP contribution in [0.1, 0.15) is 30.9 Å². The number of hydrogen-bond donors (Lipinski definition) is 2. The van der Waals surface area contributed by atoms with Crippen LogP contribution < -0.4 is 16.6 Å². The molecule has 0 saturated carbocycles. The number of cyclic esters (lactones) is 1. The maximum absolute atomic E-state index is 12.8. The Morgan fingerprint density at radius 2 is 1.93 bits per heavy atom. The van der Waals surface area contributed by atoms with Gasteiger partial charge in [-0.05, 0) is 23.6 Å². The highest BCUT2D eigenvalue weighted by Gasteiger charge is 2.41. The van der Waals surface area contributed by atoms with Gasteiger partial charge in [0, 0.05) is 11.0 Å². The van der Waals surface area contributed by atoms with Crippen LogP contribution in [0, 0.1) is 5.92 Å². The molecule has 140 valence electrons. The van der Waals surface area contributed by atoms with Crippen molar-refractivity contribution in [3.63, 3.8) is 0 Å². The van der Waals surface area contributed by atoms with Crippen molar-refractivity contribution in [2.45, 2.75) is 26.3 Å². The van der Waals surface area contributed by atoms with Crippen LogP contribution in [0.4, 0.5) is 5.82 Å². The SMILES string of the molecule is CC(C)Cn1c2c(c(=O)[nH]c1=O)C(c1ccc(Br)cc1)C1=C(COC1=O)N2. The number of H-pyrrole nitrogens is 1. The topological polar surface area (TPSA) is 93.2 Å². The van der Waals surface area contributed by atoms with Crippen molar-refractivity contribution in [1.82, 2.24) is 9.55 Å². The maximum Gasteiger partial charge on any atom is 0.337 e. The molecule has 1 atom stereocenters. The van der Waals surface area contributed by atoms with E-state index in [1.54, 1.807) is 0 Å². The van der Waals surface area contributed by atoms with E-state index >= 15 is 0 Å². The Labute approximate surface area is 163 Å². The lowest BCUT2D eigenvalue weighted by atomic mass is 9.83. The number of halogens is 1. The molecule has 1 aromatic carbocycles. The van der Waals surface area contributed by atoms with Crippen molar-refractivity contribution in [3.05, 3.63) is 72.0 Å². The zero-order valence-corrected chi connectivity index (χ0v) is 16.4. The van der Waals surface area contributed by atoms with E-state index in [2.05, 4.69) is 26.2 Å². The van der Waals surface area contributed by atoms with Crippen LogP contribution in [0.15, 0.2) is 49.6 Å². The number of benzene rings is 1. The highest BCUT2D eigenvalue weighted by atomic mass is 79.9. The summed E-state index contributed by atoms with van der Waals surface area (Å²) in [6.45, 7) is 4.52. The number of nitrogens with zero attached hydrogens (tertiary/aromatic N) is 1. The van der Waals surface area contributed by atoms with Crippen LogP contribution in [-0.4, -0.2) is 22.1 Å². The van der Waals surface area contributed by atoms with Gasteiger partial charge in [-0.2, -0.15) is 0 Å². The van der Waals surface area contributed by atoms with Gasteiger partial charge in [-0.15, -0.1) is 0 Å². The maximum atomic E-state index is 12.8. The zero-order chi connectivity index (χ0) is 19.3. The van der Waals surface area contributed by atoms with Crippen LogP contribution in [0.5, 0.6) is 0 Å². The summed E-state index contributed by atoms with van der Waals surface area (Å²) < 4.78 is 7.63. The summed E-state index contributed by atoms with van der Waals surface area (Å²) in [6, 6.07) is 7.43. The number of nitrogens with one attached hydrogen (secondary N) is 2. The molecule has 2 aromatic rings. The Morgan fingerprint density at radius 1 is 1.22 bits per heavy atom. The fraction of sp³-hybridized carbons (Fsp3) is 0.316. The lowest BCUT2D eigenvalue weighted by Crippen LogP contribution is -2.39. The molecule has 0 saturated heterocycles. The largest absolute Gasteiger partial charge is 0.456 e. The number of carbonyl (C=O) groups excluding carboxylic acids is 1. The first kappa shape index (κ1) is 17.8. The van der Waals surface area contributed by atoms with Gasteiger partial charge in [0.05, 0.1) is 22.8 Å². The average molecular weight is 432 g/mol. The molecule has 8 heteroatoms. The van der Waals surface area contributed by atoms with E-state index in [0.717, 1.165) is 10.0 Å². The minimum atomic E-state index is -0.595. The van der Waals surface area contributed by atoms with Crippen molar-refractivity contribution >= 4 is 27.7 Å². The molecule has 0 bridgehead atoms. The van der Waals surface area contributed by atoms with Gasteiger partial charge in [-0.1, -0.05) is 41.9 Å². The van der Waals surface area contributed by atoms with Gasteiger partial charge in [-0.3, -0.25) is 14.3 Å². The Hall–Kier alpha value is -2.61. The molecule has 0 fully saturated rings. The lowest BCUT2D eigenvalue weighted by Gasteiger charge is -2.28. The molecule has 4 rings (SSSR count). The summed E-state index contributed by atoms with van der Waals surface area (Å²) in [7, 11) is 0. The summed E-state index contributed by atoms with van der Waals surface area (Å²) in [6.07, 6.45) is 0. The Morgan fingerprint density at radius 3 is 2.59 bits per heavy atom. The van der Waals surface area contributed by atoms with Crippen LogP contribution in [0.2, 0.25) is 0 Å². The number of carbonyl (C=O) groups is 1. The number of rotatable bonds is 3. The van der Waals surface area contributed by atoms with Gasteiger partial charge in [-0.25, -0.2) is 9.59 Å². The molecule has 0 amide bonds. The predicted molar refractivity (Wildman–Crippen MR) is 104 cm³/mol. The number of aromatic nitrogens is 2. The second-order valence-corrected chi connectivity index (χ2v) is 8.02. The van der Waals surface area contributed by atoms with E-state index in [1.165, 1.54) is 4.57 Å². The first-order chi connectivity index (χ1) is 12.9. The number of anilines is 1. The average Bonchev–Trinajstić information content (AvgIpc) is 2.98. The minimum Gasteiger partial charge on any atom is -0.456 e. The lowest BCUT2D eigenvalue weighted by molar-refractivity contribution is -0.136. The van der Waals surface area contributed by atoms with E-state index in [4.69, 9.17) is 4.74 Å². The van der Waals surface area contributed by atoms with E-state index in [9.17, 15) is 14.4 Å². The monoisotopic (exact) mass is 431 g/mol. The first-order valence-corrected chi connectivity index (χ1v) is 9.45. The van der Waals surface area contributed by atoms with Crippen LogP contribution in [0.25, 0.3) is 0 Å². The van der Waals surface area contributed by atoms with Gasteiger partial charge in [0.2, 0.25) is 0 Å². The fourth-order valence-corrected chi connectivity index (χ4v) is 3.88. The van der Waals surface area contributed by atoms with Gasteiger partial charge in [0.1, 0.15) is 12.4 Å². The molecule has 27 heavy (non-hydrogen) atoms. The second-order valence-electron chi connectivity index (χ2n) is 7.10. The molecule has 1 aromatic heterocycles. The molecule has 0 radical (unpaired) electrons. The normalized spacial score (nSPS) is 18.2. The van der Waals surface area contributed by atoms with Crippen molar-refractivity contribution in [2.24, 2.45) is 5.92 Å². The van der Waals surface area contributed by atoms with Gasteiger partial charge in [0.25, 0.3) is 5.56 Å².